The third-order valence-corrected chi connectivity index (χ3v) is 4.51. The van der Waals surface area contributed by atoms with E-state index >= 15 is 0 Å². The molecule has 0 aliphatic heterocycles. The normalized spacial score (nSPS) is 10.2. The van der Waals surface area contributed by atoms with Gasteiger partial charge < -0.3 is 10.1 Å². The van der Waals surface area contributed by atoms with Crippen LogP contribution >= 0.6 is 0 Å². The topological polar surface area (TPSA) is 75.0 Å². The summed E-state index contributed by atoms with van der Waals surface area (Å²) in [5, 5.41) is 12.8. The van der Waals surface area contributed by atoms with Gasteiger partial charge in [0.2, 0.25) is 5.88 Å². The molecule has 0 saturated heterocycles. The van der Waals surface area contributed by atoms with E-state index in [2.05, 4.69) is 23.3 Å². The molecule has 1 amide bonds. The second-order valence-corrected chi connectivity index (χ2v) is 6.63. The molecule has 0 aliphatic rings. The van der Waals surface area contributed by atoms with Gasteiger partial charge in [0.1, 0.15) is 11.6 Å². The Morgan fingerprint density at radius 3 is 2.38 bits per heavy atom. The predicted molar refractivity (Wildman–Crippen MR) is 114 cm³/mol. The second kappa shape index (κ2) is 9.52. The maximum atomic E-state index is 13.2. The quantitative estimate of drug-likeness (QED) is 0.556. The second-order valence-electron chi connectivity index (χ2n) is 6.63. The highest BCUT2D eigenvalue weighted by atomic mass is 16.5. The summed E-state index contributed by atoms with van der Waals surface area (Å²) in [4.78, 5) is 17.6. The first-order valence-corrected chi connectivity index (χ1v) is 9.65. The zero-order valence-corrected chi connectivity index (χ0v) is 16.6. The van der Waals surface area contributed by atoms with Crippen molar-refractivity contribution in [2.75, 3.05) is 11.9 Å². The molecule has 0 unspecified atom stereocenters. The number of rotatable bonds is 7. The first-order chi connectivity index (χ1) is 14.2. The Morgan fingerprint density at radius 2 is 1.76 bits per heavy atom. The van der Waals surface area contributed by atoms with Crippen molar-refractivity contribution in [3.8, 4) is 23.1 Å². The molecule has 0 atom stereocenters. The number of aryl methyl sites for hydroxylation is 1. The van der Waals surface area contributed by atoms with Gasteiger partial charge in [-0.3, -0.25) is 4.79 Å². The van der Waals surface area contributed by atoms with E-state index in [1.807, 2.05) is 60.7 Å². The number of anilines is 1. The van der Waals surface area contributed by atoms with E-state index in [1.165, 1.54) is 0 Å². The van der Waals surface area contributed by atoms with E-state index in [-0.39, 0.29) is 17.4 Å². The summed E-state index contributed by atoms with van der Waals surface area (Å²) in [5.74, 6) is -0.0368. The van der Waals surface area contributed by atoms with E-state index < -0.39 is 0 Å². The van der Waals surface area contributed by atoms with Crippen molar-refractivity contribution in [2.45, 2.75) is 26.7 Å². The summed E-state index contributed by atoms with van der Waals surface area (Å²) in [6.07, 6.45) is 1.84. The van der Waals surface area contributed by atoms with Gasteiger partial charge in [-0.05, 0) is 31.0 Å². The molecule has 3 rings (SSSR count). The van der Waals surface area contributed by atoms with E-state index in [1.54, 1.807) is 6.92 Å². The van der Waals surface area contributed by atoms with E-state index in [9.17, 15) is 10.1 Å². The van der Waals surface area contributed by atoms with Crippen LogP contribution < -0.4 is 10.1 Å². The Hall–Kier alpha value is -3.65. The molecule has 1 N–H and O–H groups in total. The number of hydrogen-bond acceptors (Lipinski definition) is 4. The molecular weight excluding hydrogens is 362 g/mol. The van der Waals surface area contributed by atoms with Crippen LogP contribution in [0.15, 0.2) is 60.7 Å². The molecule has 29 heavy (non-hydrogen) atoms. The molecule has 1 aromatic heterocycles. The monoisotopic (exact) mass is 385 g/mol. The minimum atomic E-state index is -0.309. The predicted octanol–water partition coefficient (Wildman–Crippen LogP) is 5.36. The molecule has 146 valence electrons. The standard InChI is InChI=1S/C24H23N3O2/c1-3-4-15-29-24-20(16-25)22(18-11-7-5-8-12-18)21(17(2)26-24)23(28)27-19-13-9-6-10-14-19/h5-14H,3-4,15H2,1-2H3,(H,27,28). The van der Waals surface area contributed by atoms with Crippen LogP contribution in [0.2, 0.25) is 0 Å². The Labute approximate surface area is 171 Å². The van der Waals surface area contributed by atoms with Gasteiger partial charge in [0.15, 0.2) is 0 Å². The molecule has 0 saturated carbocycles. The smallest absolute Gasteiger partial charge is 0.258 e. The average Bonchev–Trinajstić information content (AvgIpc) is 2.74. The zero-order valence-electron chi connectivity index (χ0n) is 16.6. The Kier molecular flexibility index (Phi) is 6.59. The van der Waals surface area contributed by atoms with Gasteiger partial charge in [-0.25, -0.2) is 4.98 Å². The van der Waals surface area contributed by atoms with Crippen LogP contribution in [0.5, 0.6) is 5.88 Å². The number of pyridine rings is 1. The SMILES string of the molecule is CCCCOc1nc(C)c(C(=O)Nc2ccccc2)c(-c2ccccc2)c1C#N. The highest BCUT2D eigenvalue weighted by Crippen LogP contribution is 2.34. The lowest BCUT2D eigenvalue weighted by Gasteiger charge is -2.17. The molecule has 1 heterocycles. The number of carbonyl (C=O) groups is 1. The van der Waals surface area contributed by atoms with Gasteiger partial charge in [0.05, 0.1) is 17.9 Å². The van der Waals surface area contributed by atoms with Gasteiger partial charge in [-0.1, -0.05) is 61.9 Å². The first kappa shape index (κ1) is 20.1. The van der Waals surface area contributed by atoms with E-state index in [4.69, 9.17) is 4.74 Å². The maximum Gasteiger partial charge on any atom is 0.258 e. The number of nitriles is 1. The largest absolute Gasteiger partial charge is 0.477 e. The first-order valence-electron chi connectivity index (χ1n) is 9.65. The van der Waals surface area contributed by atoms with Crippen LogP contribution in [0.1, 0.15) is 41.4 Å². The molecule has 0 radical (unpaired) electrons. The molecule has 5 nitrogen and oxygen atoms in total. The minimum Gasteiger partial charge on any atom is -0.477 e. The Bertz CT molecular complexity index is 1030. The van der Waals surface area contributed by atoms with Gasteiger partial charge in [0, 0.05) is 11.3 Å². The third kappa shape index (κ3) is 4.61. The van der Waals surface area contributed by atoms with Crippen molar-refractivity contribution in [1.29, 1.82) is 5.26 Å². The molecule has 0 bridgehead atoms. The molecule has 0 fully saturated rings. The lowest BCUT2D eigenvalue weighted by atomic mass is 9.94. The number of hydrogen-bond donors (Lipinski definition) is 1. The third-order valence-electron chi connectivity index (χ3n) is 4.51. The summed E-state index contributed by atoms with van der Waals surface area (Å²) in [6, 6.07) is 20.8. The summed E-state index contributed by atoms with van der Waals surface area (Å²) < 4.78 is 5.80. The molecule has 5 heteroatoms. The fraction of sp³-hybridized carbons (Fsp3) is 0.208. The summed E-state index contributed by atoms with van der Waals surface area (Å²) in [5.41, 5.74) is 3.16. The fourth-order valence-corrected chi connectivity index (χ4v) is 3.08. The van der Waals surface area contributed by atoms with Gasteiger partial charge in [-0.2, -0.15) is 5.26 Å². The van der Waals surface area contributed by atoms with Gasteiger partial charge >= 0.3 is 0 Å². The number of nitrogens with zero attached hydrogens (tertiary/aromatic N) is 2. The lowest BCUT2D eigenvalue weighted by Crippen LogP contribution is -2.17. The number of carbonyl (C=O) groups excluding carboxylic acids is 1. The summed E-state index contributed by atoms with van der Waals surface area (Å²) in [6.45, 7) is 4.31. The lowest BCUT2D eigenvalue weighted by molar-refractivity contribution is 0.102. The van der Waals surface area contributed by atoms with E-state index in [0.717, 1.165) is 18.4 Å². The van der Waals surface area contributed by atoms with Crippen molar-refractivity contribution in [2.24, 2.45) is 0 Å². The molecule has 2 aromatic carbocycles. The highest BCUT2D eigenvalue weighted by molar-refractivity contribution is 6.10. The maximum absolute atomic E-state index is 13.2. The Morgan fingerprint density at radius 1 is 1.10 bits per heavy atom. The number of nitrogens with one attached hydrogen (secondary N) is 1. The van der Waals surface area contributed by atoms with Crippen molar-refractivity contribution < 1.29 is 9.53 Å². The van der Waals surface area contributed by atoms with Crippen LogP contribution in [-0.2, 0) is 0 Å². The number of para-hydroxylation sites is 1. The molecule has 0 spiro atoms. The fourth-order valence-electron chi connectivity index (χ4n) is 3.08. The van der Waals surface area contributed by atoms with Crippen molar-refractivity contribution >= 4 is 11.6 Å². The van der Waals surface area contributed by atoms with Crippen LogP contribution in [0.25, 0.3) is 11.1 Å². The molecule has 0 aliphatic carbocycles. The van der Waals surface area contributed by atoms with Crippen LogP contribution in [0.4, 0.5) is 5.69 Å². The van der Waals surface area contributed by atoms with Crippen LogP contribution in [0.3, 0.4) is 0 Å². The zero-order chi connectivity index (χ0) is 20.6. The van der Waals surface area contributed by atoms with Crippen molar-refractivity contribution in [3.63, 3.8) is 0 Å². The van der Waals surface area contributed by atoms with Crippen molar-refractivity contribution in [3.05, 3.63) is 77.5 Å². The number of amides is 1. The number of ether oxygens (including phenoxy) is 1. The van der Waals surface area contributed by atoms with Gasteiger partial charge in [-0.15, -0.1) is 0 Å². The summed E-state index contributed by atoms with van der Waals surface area (Å²) >= 11 is 0. The summed E-state index contributed by atoms with van der Waals surface area (Å²) in [7, 11) is 0. The molecule has 3 aromatic rings. The van der Waals surface area contributed by atoms with Gasteiger partial charge in [0.25, 0.3) is 5.91 Å². The number of unbranched alkanes of at least 4 members (excludes halogenated alkanes) is 1. The van der Waals surface area contributed by atoms with Crippen LogP contribution in [0, 0.1) is 18.3 Å². The Balaban J connectivity index is 2.14. The van der Waals surface area contributed by atoms with Crippen molar-refractivity contribution in [1.82, 2.24) is 4.98 Å². The molecular formula is C24H23N3O2. The van der Waals surface area contributed by atoms with Crippen LogP contribution in [-0.4, -0.2) is 17.5 Å². The highest BCUT2D eigenvalue weighted by Gasteiger charge is 2.25. The average molecular weight is 385 g/mol. The number of benzene rings is 2. The minimum absolute atomic E-state index is 0.272. The van der Waals surface area contributed by atoms with E-state index in [0.29, 0.717) is 29.1 Å². The number of aromatic nitrogens is 1.